The molecule has 2 rings (SSSR count). The Bertz CT molecular complexity index is 1520. The molecule has 1 fully saturated rings. The molecule has 1 heterocycles. The Kier molecular flexibility index (Phi) is 31.3. The first-order chi connectivity index (χ1) is 31.6. The van der Waals surface area contributed by atoms with Gasteiger partial charge in [0, 0.05) is 31.1 Å². The summed E-state index contributed by atoms with van der Waals surface area (Å²) in [6, 6.07) is 0. The molecule has 0 aromatic carbocycles. The minimum atomic E-state index is -5.44. The molecule has 0 spiro atoms. The third-order valence-corrected chi connectivity index (χ3v) is 12.9. The van der Waals surface area contributed by atoms with Gasteiger partial charge in [-0.15, -0.1) is 0 Å². The number of phosphoric ester groups is 1. The molecule has 0 saturated heterocycles. The van der Waals surface area contributed by atoms with Crippen LogP contribution in [0.15, 0.2) is 60.8 Å². The molecule has 17 heteroatoms. The zero-order chi connectivity index (χ0) is 48.7. The maximum atomic E-state index is 13.5. The van der Waals surface area contributed by atoms with Crippen LogP contribution in [0.1, 0.15) is 149 Å². The molecule has 16 nitrogen and oxygen atoms in total. The van der Waals surface area contributed by atoms with Crippen LogP contribution < -0.4 is 0 Å². The number of carbonyl (C=O) groups is 2. The van der Waals surface area contributed by atoms with Gasteiger partial charge in [0.25, 0.3) is 0 Å². The number of ether oxygens (including phenoxy) is 2. The first kappa shape index (κ1) is 59.6. The quantitative estimate of drug-likeness (QED) is 0.0242. The van der Waals surface area contributed by atoms with E-state index in [0.29, 0.717) is 25.7 Å². The van der Waals surface area contributed by atoms with Crippen LogP contribution in [0.3, 0.4) is 0 Å². The molecule has 0 aromatic rings. The topological polar surface area (TPSA) is 270 Å². The van der Waals surface area contributed by atoms with E-state index in [1.54, 1.807) is 12.2 Å². The third kappa shape index (κ3) is 24.6. The second kappa shape index (κ2) is 34.7. The van der Waals surface area contributed by atoms with Crippen LogP contribution in [-0.2, 0) is 32.7 Å². The molecule has 2 aliphatic rings. The molecule has 13 atom stereocenters. The summed E-state index contributed by atoms with van der Waals surface area (Å²) in [6.45, 7) is 2.78. The first-order valence-electron chi connectivity index (χ1n) is 24.3. The Morgan fingerprint density at radius 1 is 0.788 bits per heavy atom. The number of aliphatic hydroxyl groups is 8. The number of hydrogen-bond acceptors (Lipinski definition) is 15. The van der Waals surface area contributed by atoms with Crippen molar-refractivity contribution in [2.45, 2.75) is 210 Å². The smallest absolute Gasteiger partial charge is 0.462 e. The zero-order valence-corrected chi connectivity index (χ0v) is 40.2. The van der Waals surface area contributed by atoms with Crippen LogP contribution in [-0.4, -0.2) is 132 Å². The van der Waals surface area contributed by atoms with Crippen LogP contribution in [0.2, 0.25) is 0 Å². The van der Waals surface area contributed by atoms with Crippen molar-refractivity contribution in [2.75, 3.05) is 13.2 Å². The minimum absolute atomic E-state index is 0.0810. The van der Waals surface area contributed by atoms with Gasteiger partial charge in [-0.1, -0.05) is 120 Å². The third-order valence-electron chi connectivity index (χ3n) is 11.9. The molecular formula is C49H83O16P. The lowest BCUT2D eigenvalue weighted by molar-refractivity contribution is -0.167. The molecule has 380 valence electrons. The number of unbranched alkanes of at least 4 members (excludes halogenated alkanes) is 9. The standard InChI is InChI=1S/C49H83O16P/c1-3-5-7-8-9-10-11-12-13-14-15-16-17-18-19-20-25-29-42(53)62-34-37-35-63-66(60,61)65-49-47(58)45(56)39(32-31-36(50)27-23-6-4-2)41(52)33-40(51)38(44(55)46(57)48(49)59)28-24-21-22-26-30-43(54)64-37/h9-10,12-13,15-16,21,24,31-32,36-41,44-52,55-59H,3-8,11,14,17-20,22-23,25-30,33-35H2,1-2H3,(H,60,61)/b10-9-,13-12-,16-15-,24-21?,32-31+/t36-,37+,38-,39-,40-,41+,44+,45+,46-,47+,48+,49+/m0/s1. The summed E-state index contributed by atoms with van der Waals surface area (Å²) in [6.07, 6.45) is 13.3. The van der Waals surface area contributed by atoms with Crippen molar-refractivity contribution in [3.63, 3.8) is 0 Å². The SMILES string of the molecule is CCCCC/C=C\C/C=C\C/C=C\CCCCCCC(=O)OC[C@@H]1COP(=O)(O)O[C@H]2[C@H](O)[C@@H](O)[C@H](O)[C@@H](CC=CCCCC(=O)O1)[C@@H](O)C[C@@H](O)[C@H](/C=C/[C@@H](O)CCCCC)[C@@H](O)[C@H]2O. The molecule has 0 amide bonds. The summed E-state index contributed by atoms with van der Waals surface area (Å²) in [5.74, 6) is -4.05. The second-order valence-corrected chi connectivity index (χ2v) is 19.0. The van der Waals surface area contributed by atoms with Gasteiger partial charge in [-0.05, 0) is 70.6 Å². The molecule has 66 heavy (non-hydrogen) atoms. The first-order valence-corrected chi connectivity index (χ1v) is 25.8. The van der Waals surface area contributed by atoms with Gasteiger partial charge in [0.2, 0.25) is 0 Å². The zero-order valence-electron chi connectivity index (χ0n) is 39.3. The average Bonchev–Trinajstić information content (AvgIpc) is 3.28. The second-order valence-electron chi connectivity index (χ2n) is 17.6. The van der Waals surface area contributed by atoms with Gasteiger partial charge < -0.3 is 55.2 Å². The summed E-state index contributed by atoms with van der Waals surface area (Å²) in [4.78, 5) is 36.4. The van der Waals surface area contributed by atoms with E-state index in [1.165, 1.54) is 31.4 Å². The number of fused-ring (bicyclic) bond motifs is 4. The minimum Gasteiger partial charge on any atom is -0.462 e. The number of phosphoric acid groups is 1. The molecule has 0 radical (unpaired) electrons. The fourth-order valence-electron chi connectivity index (χ4n) is 7.82. The van der Waals surface area contributed by atoms with Gasteiger partial charge in [0.05, 0.1) is 37.1 Å². The fourth-order valence-corrected chi connectivity index (χ4v) is 8.79. The van der Waals surface area contributed by atoms with E-state index in [1.807, 2.05) is 6.92 Å². The molecule has 9 N–H and O–H groups in total. The predicted octanol–water partition coefficient (Wildman–Crippen LogP) is 6.10. The highest BCUT2D eigenvalue weighted by molar-refractivity contribution is 7.47. The van der Waals surface area contributed by atoms with Crippen LogP contribution in [0.25, 0.3) is 0 Å². The monoisotopic (exact) mass is 959 g/mol. The van der Waals surface area contributed by atoms with Gasteiger partial charge in [-0.2, -0.15) is 0 Å². The molecule has 1 unspecified atom stereocenters. The predicted molar refractivity (Wildman–Crippen MR) is 251 cm³/mol. The fraction of sp³-hybridized carbons (Fsp3) is 0.755. The van der Waals surface area contributed by atoms with Gasteiger partial charge in [-0.25, -0.2) is 4.57 Å². The van der Waals surface area contributed by atoms with E-state index in [0.717, 1.165) is 57.8 Å². The highest BCUT2D eigenvalue weighted by atomic mass is 31.2. The van der Waals surface area contributed by atoms with E-state index in [2.05, 4.69) is 43.4 Å². The number of esters is 2. The van der Waals surface area contributed by atoms with E-state index in [4.69, 9.17) is 18.5 Å². The summed E-state index contributed by atoms with van der Waals surface area (Å²) >= 11 is 0. The molecule has 0 aromatic heterocycles. The van der Waals surface area contributed by atoms with Crippen molar-refractivity contribution < 1.29 is 78.4 Å². The summed E-state index contributed by atoms with van der Waals surface area (Å²) in [5.41, 5.74) is 0. The number of hydrogen-bond donors (Lipinski definition) is 9. The summed E-state index contributed by atoms with van der Waals surface area (Å²) < 4.78 is 34.7. The summed E-state index contributed by atoms with van der Waals surface area (Å²) in [7, 11) is -5.44. The maximum Gasteiger partial charge on any atom is 0.472 e. The van der Waals surface area contributed by atoms with Crippen molar-refractivity contribution in [3.05, 3.63) is 60.8 Å². The van der Waals surface area contributed by atoms with Gasteiger partial charge in [-0.3, -0.25) is 18.6 Å². The highest BCUT2D eigenvalue weighted by Gasteiger charge is 2.49. The lowest BCUT2D eigenvalue weighted by Gasteiger charge is -2.37. The molecule has 1 saturated carbocycles. The number of rotatable bonds is 23. The van der Waals surface area contributed by atoms with Crippen molar-refractivity contribution in [2.24, 2.45) is 11.8 Å². The molecular weight excluding hydrogens is 875 g/mol. The molecule has 2 bridgehead atoms. The van der Waals surface area contributed by atoms with Gasteiger partial charge >= 0.3 is 19.8 Å². The van der Waals surface area contributed by atoms with E-state index in [-0.39, 0.29) is 25.7 Å². The molecule has 1 aliphatic carbocycles. The van der Waals surface area contributed by atoms with E-state index >= 15 is 0 Å². The largest absolute Gasteiger partial charge is 0.472 e. The Morgan fingerprint density at radius 2 is 1.41 bits per heavy atom. The van der Waals surface area contributed by atoms with E-state index in [9.17, 15) is 59.9 Å². The highest BCUT2D eigenvalue weighted by Crippen LogP contribution is 2.47. The number of allylic oxidation sites excluding steroid dienone is 8. The number of carbonyl (C=O) groups excluding carboxylic acids is 2. The number of aliphatic hydroxyl groups excluding tert-OH is 8. The van der Waals surface area contributed by atoms with Crippen molar-refractivity contribution in [1.29, 1.82) is 0 Å². The van der Waals surface area contributed by atoms with Crippen LogP contribution in [0.5, 0.6) is 0 Å². The van der Waals surface area contributed by atoms with Crippen LogP contribution in [0.4, 0.5) is 0 Å². The van der Waals surface area contributed by atoms with Crippen LogP contribution >= 0.6 is 7.82 Å². The molecule has 1 aliphatic heterocycles. The Labute approximate surface area is 392 Å². The Hall–Kier alpha value is -2.57. The van der Waals surface area contributed by atoms with Crippen molar-refractivity contribution in [1.82, 2.24) is 0 Å². The lowest BCUT2D eigenvalue weighted by atomic mass is 9.83. The Balaban J connectivity index is 2.12. The number of cyclic esters (lactones) is 1. The van der Waals surface area contributed by atoms with E-state index < -0.39 is 112 Å². The lowest BCUT2D eigenvalue weighted by Crippen LogP contribution is -2.55. The van der Waals surface area contributed by atoms with Crippen molar-refractivity contribution >= 4 is 19.8 Å². The van der Waals surface area contributed by atoms with Gasteiger partial charge in [0.1, 0.15) is 31.0 Å². The Morgan fingerprint density at radius 3 is 2.09 bits per heavy atom. The normalized spacial score (nSPS) is 31.9. The van der Waals surface area contributed by atoms with Crippen LogP contribution in [0, 0.1) is 11.8 Å². The average molecular weight is 959 g/mol. The van der Waals surface area contributed by atoms with Gasteiger partial charge in [0.15, 0.2) is 6.10 Å². The maximum absolute atomic E-state index is 13.5. The summed E-state index contributed by atoms with van der Waals surface area (Å²) in [5, 5.41) is 89.9. The van der Waals surface area contributed by atoms with Crippen molar-refractivity contribution in [3.8, 4) is 0 Å².